The van der Waals surface area contributed by atoms with E-state index in [9.17, 15) is 17.6 Å². The van der Waals surface area contributed by atoms with Gasteiger partial charge in [-0.15, -0.1) is 13.2 Å². The van der Waals surface area contributed by atoms with E-state index in [1.54, 1.807) is 18.2 Å². The molecule has 0 aliphatic carbocycles. The summed E-state index contributed by atoms with van der Waals surface area (Å²) in [6.45, 7) is 2.18. The molecule has 4 aromatic rings. The van der Waals surface area contributed by atoms with Crippen molar-refractivity contribution in [1.82, 2.24) is 0 Å². The fourth-order valence-corrected chi connectivity index (χ4v) is 4.06. The lowest BCUT2D eigenvalue weighted by molar-refractivity contribution is -0.275. The van der Waals surface area contributed by atoms with E-state index in [0.717, 1.165) is 42.3 Å². The van der Waals surface area contributed by atoms with Crippen LogP contribution in [0.1, 0.15) is 47.6 Å². The number of rotatable bonds is 7. The number of ether oxygens (including phenoxy) is 1. The predicted molar refractivity (Wildman–Crippen MR) is 135 cm³/mol. The maximum Gasteiger partial charge on any atom is 0.573 e. The number of unbranched alkanes of at least 4 members (excludes halogenated alkanes) is 1. The Balaban J connectivity index is 1.46. The molecule has 0 saturated carbocycles. The zero-order valence-electron chi connectivity index (χ0n) is 20.3. The fraction of sp³-hybridized carbons (Fsp3) is 0.226. The van der Waals surface area contributed by atoms with Gasteiger partial charge in [0.15, 0.2) is 11.6 Å². The fourth-order valence-electron chi connectivity index (χ4n) is 4.06. The van der Waals surface area contributed by atoms with Gasteiger partial charge in [0.2, 0.25) is 0 Å². The highest BCUT2D eigenvalue weighted by molar-refractivity contribution is 5.85. The molecule has 0 saturated heterocycles. The lowest BCUT2D eigenvalue weighted by Gasteiger charge is -2.09. The molecule has 0 aromatic heterocycles. The second kappa shape index (κ2) is 11.5. The first kappa shape index (κ1) is 26.2. The van der Waals surface area contributed by atoms with Crippen molar-refractivity contribution in [1.29, 1.82) is 0 Å². The van der Waals surface area contributed by atoms with Gasteiger partial charge in [-0.2, -0.15) is 0 Å². The van der Waals surface area contributed by atoms with Crippen molar-refractivity contribution in [3.8, 4) is 17.6 Å². The Bertz CT molecular complexity index is 1440. The molecule has 0 fully saturated rings. The van der Waals surface area contributed by atoms with Crippen molar-refractivity contribution in [2.45, 2.75) is 45.4 Å². The third-order valence-electron chi connectivity index (χ3n) is 6.06. The van der Waals surface area contributed by atoms with Crippen LogP contribution in [0.4, 0.5) is 22.0 Å². The maximum atomic E-state index is 15.1. The van der Waals surface area contributed by atoms with E-state index in [-0.39, 0.29) is 11.1 Å². The standard InChI is InChI=1S/C31H25F5O/c1-2-3-4-21-5-7-22(8-6-21)9-10-23-12-17-27-26(19-23)16-15-25(30(27)33)14-11-24-13-18-29(28(32)20-24)37-31(34,35)36/h5-8,12-13,15-20H,2-4,9-10H2,1H3. The molecule has 1 nitrogen and oxygen atoms in total. The van der Waals surface area contributed by atoms with Crippen LogP contribution in [0.15, 0.2) is 72.8 Å². The maximum absolute atomic E-state index is 15.1. The summed E-state index contributed by atoms with van der Waals surface area (Å²) in [6.07, 6.45) is 0.173. The van der Waals surface area contributed by atoms with Crippen molar-refractivity contribution in [3.05, 3.63) is 112 Å². The van der Waals surface area contributed by atoms with Crippen molar-refractivity contribution >= 4 is 10.8 Å². The van der Waals surface area contributed by atoms with Crippen LogP contribution >= 0.6 is 0 Å². The normalized spacial score (nSPS) is 11.3. The minimum absolute atomic E-state index is 0.0975. The molecule has 37 heavy (non-hydrogen) atoms. The minimum atomic E-state index is -5.00. The van der Waals surface area contributed by atoms with Gasteiger partial charge in [-0.1, -0.05) is 73.7 Å². The first-order valence-corrected chi connectivity index (χ1v) is 12.1. The first-order chi connectivity index (χ1) is 17.7. The average Bonchev–Trinajstić information content (AvgIpc) is 2.87. The second-order valence-corrected chi connectivity index (χ2v) is 8.85. The Labute approximate surface area is 212 Å². The van der Waals surface area contributed by atoms with Gasteiger partial charge < -0.3 is 4.74 Å². The van der Waals surface area contributed by atoms with E-state index in [4.69, 9.17) is 0 Å². The van der Waals surface area contributed by atoms with Gasteiger partial charge in [0.1, 0.15) is 5.82 Å². The summed E-state index contributed by atoms with van der Waals surface area (Å²) < 4.78 is 69.5. The molecular formula is C31H25F5O. The molecule has 4 aromatic carbocycles. The van der Waals surface area contributed by atoms with E-state index in [1.807, 2.05) is 12.1 Å². The van der Waals surface area contributed by atoms with E-state index in [2.05, 4.69) is 47.8 Å². The number of hydrogen-bond donors (Lipinski definition) is 0. The van der Waals surface area contributed by atoms with Crippen LogP contribution in [0.5, 0.6) is 5.75 Å². The Morgan fingerprint density at radius 3 is 2.08 bits per heavy atom. The number of hydrogen-bond acceptors (Lipinski definition) is 1. The molecule has 0 aliphatic rings. The van der Waals surface area contributed by atoms with Gasteiger partial charge in [0.25, 0.3) is 0 Å². The average molecular weight is 509 g/mol. The summed E-state index contributed by atoms with van der Waals surface area (Å²) in [6, 6.07) is 20.4. The first-order valence-electron chi connectivity index (χ1n) is 12.1. The molecule has 0 atom stereocenters. The van der Waals surface area contributed by atoms with Crippen molar-refractivity contribution in [2.24, 2.45) is 0 Å². The van der Waals surface area contributed by atoms with E-state index >= 15 is 4.39 Å². The van der Waals surface area contributed by atoms with Crippen LogP contribution < -0.4 is 4.74 Å². The zero-order chi connectivity index (χ0) is 26.4. The summed E-state index contributed by atoms with van der Waals surface area (Å²) >= 11 is 0. The Morgan fingerprint density at radius 2 is 1.41 bits per heavy atom. The number of aryl methyl sites for hydroxylation is 3. The van der Waals surface area contributed by atoms with E-state index in [1.165, 1.54) is 30.0 Å². The van der Waals surface area contributed by atoms with Gasteiger partial charge in [-0.05, 0) is 72.0 Å². The molecule has 0 unspecified atom stereocenters. The van der Waals surface area contributed by atoms with Crippen LogP contribution in [0, 0.1) is 23.5 Å². The van der Waals surface area contributed by atoms with Crippen molar-refractivity contribution in [2.75, 3.05) is 0 Å². The highest BCUT2D eigenvalue weighted by Gasteiger charge is 2.32. The summed E-state index contributed by atoms with van der Waals surface area (Å²) in [5.41, 5.74) is 3.91. The molecule has 6 heteroatoms. The third-order valence-corrected chi connectivity index (χ3v) is 6.06. The molecule has 0 heterocycles. The number of alkyl halides is 3. The molecular weight excluding hydrogens is 483 g/mol. The number of halogens is 5. The van der Waals surface area contributed by atoms with Crippen molar-refractivity contribution < 1.29 is 26.7 Å². The molecule has 0 spiro atoms. The number of fused-ring (bicyclic) bond motifs is 1. The lowest BCUT2D eigenvalue weighted by Crippen LogP contribution is -2.17. The molecule has 0 bridgehead atoms. The molecule has 0 aliphatic heterocycles. The molecule has 0 N–H and O–H groups in total. The minimum Gasteiger partial charge on any atom is -0.403 e. The monoisotopic (exact) mass is 508 g/mol. The number of benzene rings is 4. The summed E-state index contributed by atoms with van der Waals surface area (Å²) in [5.74, 6) is 2.58. The molecule has 4 rings (SSSR count). The van der Waals surface area contributed by atoms with Gasteiger partial charge >= 0.3 is 6.36 Å². The van der Waals surface area contributed by atoms with Crippen LogP contribution in [-0.2, 0) is 19.3 Å². The van der Waals surface area contributed by atoms with Crippen molar-refractivity contribution in [3.63, 3.8) is 0 Å². The molecule has 0 radical (unpaired) electrons. The zero-order valence-corrected chi connectivity index (χ0v) is 20.3. The third kappa shape index (κ3) is 7.10. The van der Waals surface area contributed by atoms with Crippen LogP contribution in [0.25, 0.3) is 10.8 Å². The van der Waals surface area contributed by atoms with Gasteiger partial charge in [0, 0.05) is 10.9 Å². The quantitative estimate of drug-likeness (QED) is 0.180. The Morgan fingerprint density at radius 1 is 0.730 bits per heavy atom. The largest absolute Gasteiger partial charge is 0.573 e. The summed E-state index contributed by atoms with van der Waals surface area (Å²) in [4.78, 5) is 0. The van der Waals surface area contributed by atoms with E-state index in [0.29, 0.717) is 5.39 Å². The highest BCUT2D eigenvalue weighted by Crippen LogP contribution is 2.26. The highest BCUT2D eigenvalue weighted by atomic mass is 19.4. The second-order valence-electron chi connectivity index (χ2n) is 8.85. The summed E-state index contributed by atoms with van der Waals surface area (Å²) in [7, 11) is 0. The smallest absolute Gasteiger partial charge is 0.403 e. The van der Waals surface area contributed by atoms with E-state index < -0.39 is 23.7 Å². The topological polar surface area (TPSA) is 9.23 Å². The van der Waals surface area contributed by atoms with Crippen LogP contribution in [-0.4, -0.2) is 6.36 Å². The van der Waals surface area contributed by atoms with Gasteiger partial charge in [-0.3, -0.25) is 0 Å². The molecule has 190 valence electrons. The predicted octanol–water partition coefficient (Wildman–Crippen LogP) is 8.54. The Hall–Kier alpha value is -3.85. The van der Waals surface area contributed by atoms with Gasteiger partial charge in [0.05, 0.1) is 5.56 Å². The van der Waals surface area contributed by atoms with Crippen LogP contribution in [0.3, 0.4) is 0 Å². The SMILES string of the molecule is CCCCc1ccc(CCc2ccc3c(F)c(C#Cc4ccc(OC(F)(F)F)c(F)c4)ccc3c2)cc1. The Kier molecular flexibility index (Phi) is 8.13. The lowest BCUT2D eigenvalue weighted by atomic mass is 9.98. The summed E-state index contributed by atoms with van der Waals surface area (Å²) in [5, 5.41) is 1.16. The van der Waals surface area contributed by atoms with Gasteiger partial charge in [-0.25, -0.2) is 8.78 Å². The molecule has 0 amide bonds. The van der Waals surface area contributed by atoms with Crippen LogP contribution in [0.2, 0.25) is 0 Å².